The number of aliphatic hydroxyl groups is 2. The first-order valence-electron chi connectivity index (χ1n) is 12.4. The van der Waals surface area contributed by atoms with Gasteiger partial charge in [-0.15, -0.1) is 23.7 Å². The maximum absolute atomic E-state index is 11.8. The minimum atomic E-state index is -3.30. The van der Waals surface area contributed by atoms with Crippen molar-refractivity contribution in [2.75, 3.05) is 29.2 Å². The van der Waals surface area contributed by atoms with E-state index in [1.54, 1.807) is 17.5 Å². The lowest BCUT2D eigenvalue weighted by atomic mass is 10.1. The minimum absolute atomic E-state index is 0. The molecule has 37 heavy (non-hydrogen) atoms. The molecule has 0 saturated heterocycles. The van der Waals surface area contributed by atoms with Crippen molar-refractivity contribution in [3.05, 3.63) is 24.2 Å². The van der Waals surface area contributed by atoms with Crippen LogP contribution in [0, 0.1) is 11.8 Å². The number of fused-ring (bicyclic) bond motifs is 1. The molecule has 0 radical (unpaired) electrons. The van der Waals surface area contributed by atoms with Crippen molar-refractivity contribution in [1.82, 2.24) is 19.9 Å². The van der Waals surface area contributed by atoms with Crippen molar-refractivity contribution in [2.24, 2.45) is 11.8 Å². The number of halogens is 1. The zero-order valence-electron chi connectivity index (χ0n) is 20.4. The van der Waals surface area contributed by atoms with Gasteiger partial charge in [0, 0.05) is 37.0 Å². The fraction of sp³-hybridized carbons (Fsp3) is 0.583. The van der Waals surface area contributed by atoms with Crippen LogP contribution >= 0.6 is 23.7 Å². The standard InChI is InChI=1S/C24H30N6O4S2.ClH/c1-36(33,34)11-14-8-16(21(32)20(14)31)28-22-15(10-27-24(30-22)26-9-12-2-3-12)23-29-19-17(35-23)6-7-25-18(19)13-4-5-13;/h6-7,10,12-14,16,20-21,31-32H,2-5,8-9,11H2,1H3,(H2,26,27,28,30);1H/t14-,16-,20-,21+;/m1./s1. The second-order valence-corrected chi connectivity index (χ2v) is 13.7. The molecule has 0 aromatic carbocycles. The van der Waals surface area contributed by atoms with E-state index in [4.69, 9.17) is 9.97 Å². The molecular formula is C24H31ClN6O4S2. The van der Waals surface area contributed by atoms with E-state index in [1.165, 1.54) is 12.8 Å². The minimum Gasteiger partial charge on any atom is -0.390 e. The van der Waals surface area contributed by atoms with Crippen LogP contribution in [0.4, 0.5) is 11.8 Å². The molecule has 0 spiro atoms. The topological polar surface area (TPSA) is 150 Å². The number of aliphatic hydroxyl groups excluding tert-OH is 2. The maximum Gasteiger partial charge on any atom is 0.224 e. The van der Waals surface area contributed by atoms with Crippen LogP contribution in [0.3, 0.4) is 0 Å². The monoisotopic (exact) mass is 566 g/mol. The molecule has 0 amide bonds. The van der Waals surface area contributed by atoms with Gasteiger partial charge < -0.3 is 20.8 Å². The van der Waals surface area contributed by atoms with Gasteiger partial charge in [0.2, 0.25) is 5.95 Å². The molecule has 3 saturated carbocycles. The summed E-state index contributed by atoms with van der Waals surface area (Å²) in [6, 6.07) is 1.41. The highest BCUT2D eigenvalue weighted by molar-refractivity contribution is 7.90. The van der Waals surface area contributed by atoms with Crippen LogP contribution in [-0.4, -0.2) is 75.4 Å². The molecule has 13 heteroatoms. The number of hydrogen-bond donors (Lipinski definition) is 4. The van der Waals surface area contributed by atoms with Gasteiger partial charge in [-0.3, -0.25) is 4.98 Å². The molecular weight excluding hydrogens is 536 g/mol. The summed E-state index contributed by atoms with van der Waals surface area (Å²) in [4.78, 5) is 18.7. The zero-order valence-corrected chi connectivity index (χ0v) is 22.8. The first kappa shape index (κ1) is 26.5. The van der Waals surface area contributed by atoms with Gasteiger partial charge in [-0.1, -0.05) is 0 Å². The van der Waals surface area contributed by atoms with E-state index in [0.29, 0.717) is 35.6 Å². The molecule has 3 heterocycles. The Morgan fingerprint density at radius 1 is 1.11 bits per heavy atom. The number of thiazole rings is 1. The fourth-order valence-electron chi connectivity index (χ4n) is 4.93. The molecule has 3 aliphatic rings. The van der Waals surface area contributed by atoms with Crippen molar-refractivity contribution >= 4 is 55.6 Å². The van der Waals surface area contributed by atoms with Gasteiger partial charge >= 0.3 is 0 Å². The average Bonchev–Trinajstić information content (AvgIpc) is 3.76. The second-order valence-electron chi connectivity index (χ2n) is 10.4. The molecule has 0 bridgehead atoms. The van der Waals surface area contributed by atoms with E-state index in [1.807, 2.05) is 12.3 Å². The van der Waals surface area contributed by atoms with Gasteiger partial charge in [0.15, 0.2) is 0 Å². The molecule has 3 aliphatic carbocycles. The van der Waals surface area contributed by atoms with Gasteiger partial charge in [-0.2, -0.15) is 4.98 Å². The predicted molar refractivity (Wildman–Crippen MR) is 146 cm³/mol. The maximum atomic E-state index is 11.8. The number of rotatable bonds is 9. The molecule has 3 fully saturated rings. The molecule has 3 aromatic rings. The summed E-state index contributed by atoms with van der Waals surface area (Å²) in [5.74, 6) is 1.36. The van der Waals surface area contributed by atoms with Crippen LogP contribution in [0.1, 0.15) is 43.7 Å². The third-order valence-electron chi connectivity index (χ3n) is 7.21. The van der Waals surface area contributed by atoms with Crippen molar-refractivity contribution in [3.63, 3.8) is 0 Å². The lowest BCUT2D eigenvalue weighted by molar-refractivity contribution is 0.0216. The summed E-state index contributed by atoms with van der Waals surface area (Å²) in [7, 11) is -3.30. The Balaban J connectivity index is 0.00000280. The van der Waals surface area contributed by atoms with Gasteiger partial charge in [-0.05, 0) is 44.1 Å². The largest absolute Gasteiger partial charge is 0.390 e. The Hall–Kier alpha value is -2.12. The van der Waals surface area contributed by atoms with Crippen molar-refractivity contribution in [2.45, 2.75) is 56.3 Å². The van der Waals surface area contributed by atoms with Gasteiger partial charge in [0.25, 0.3) is 0 Å². The summed E-state index contributed by atoms with van der Waals surface area (Å²) >= 11 is 1.54. The summed E-state index contributed by atoms with van der Waals surface area (Å²) in [5, 5.41) is 28.6. The van der Waals surface area contributed by atoms with Crippen LogP contribution in [0.25, 0.3) is 20.8 Å². The highest BCUT2D eigenvalue weighted by Crippen LogP contribution is 2.44. The molecule has 0 unspecified atom stereocenters. The Morgan fingerprint density at radius 2 is 1.89 bits per heavy atom. The molecule has 200 valence electrons. The third kappa shape index (κ3) is 5.83. The van der Waals surface area contributed by atoms with Crippen LogP contribution < -0.4 is 10.6 Å². The van der Waals surface area contributed by atoms with Gasteiger partial charge in [0.1, 0.15) is 32.3 Å². The smallest absolute Gasteiger partial charge is 0.224 e. The number of hydrogen-bond acceptors (Lipinski definition) is 11. The predicted octanol–water partition coefficient (Wildman–Crippen LogP) is 2.84. The number of nitrogens with zero attached hydrogens (tertiary/aromatic N) is 4. The molecule has 3 aromatic heterocycles. The summed E-state index contributed by atoms with van der Waals surface area (Å²) in [6.07, 6.45) is 7.42. The molecule has 4 atom stereocenters. The molecule has 4 N–H and O–H groups in total. The lowest BCUT2D eigenvalue weighted by Crippen LogP contribution is -2.36. The Bertz CT molecular complexity index is 1400. The van der Waals surface area contributed by atoms with Crippen LogP contribution in [0.15, 0.2) is 18.5 Å². The van der Waals surface area contributed by atoms with E-state index in [9.17, 15) is 18.6 Å². The van der Waals surface area contributed by atoms with Gasteiger partial charge in [-0.25, -0.2) is 18.4 Å². The number of sulfone groups is 1. The first-order chi connectivity index (χ1) is 17.2. The molecule has 6 rings (SSSR count). The SMILES string of the molecule is CS(=O)(=O)C[C@H]1C[C@@H](Nc2nc(NCC3CC3)ncc2-c2nc3c(C4CC4)nccc3s2)[C@H](O)[C@@H]1O.Cl. The van der Waals surface area contributed by atoms with E-state index in [0.717, 1.165) is 46.6 Å². The summed E-state index contributed by atoms with van der Waals surface area (Å²) < 4.78 is 24.7. The van der Waals surface area contributed by atoms with Crippen LogP contribution in [0.5, 0.6) is 0 Å². The van der Waals surface area contributed by atoms with E-state index < -0.39 is 34.0 Å². The quantitative estimate of drug-likeness (QED) is 0.304. The second kappa shape index (κ2) is 10.2. The summed E-state index contributed by atoms with van der Waals surface area (Å²) in [6.45, 7) is 0.803. The Labute approximate surface area is 225 Å². The number of nitrogens with one attached hydrogen (secondary N) is 2. The normalized spacial score (nSPS) is 25.7. The number of anilines is 2. The zero-order chi connectivity index (χ0) is 25.0. The third-order valence-corrected chi connectivity index (χ3v) is 9.29. The van der Waals surface area contributed by atoms with E-state index in [-0.39, 0.29) is 18.2 Å². The number of aromatic nitrogens is 4. The Morgan fingerprint density at radius 3 is 2.59 bits per heavy atom. The average molecular weight is 567 g/mol. The first-order valence-corrected chi connectivity index (χ1v) is 15.3. The highest BCUT2D eigenvalue weighted by Gasteiger charge is 2.43. The number of pyridine rings is 1. The van der Waals surface area contributed by atoms with Crippen LogP contribution in [-0.2, 0) is 9.84 Å². The lowest BCUT2D eigenvalue weighted by Gasteiger charge is -2.20. The van der Waals surface area contributed by atoms with Crippen molar-refractivity contribution in [1.29, 1.82) is 0 Å². The Kier molecular flexibility index (Phi) is 7.31. The fourth-order valence-corrected chi connectivity index (χ4v) is 7.03. The van der Waals surface area contributed by atoms with E-state index >= 15 is 0 Å². The highest BCUT2D eigenvalue weighted by atomic mass is 35.5. The van der Waals surface area contributed by atoms with Crippen molar-refractivity contribution in [3.8, 4) is 10.6 Å². The summed E-state index contributed by atoms with van der Waals surface area (Å²) in [5.41, 5.74) is 2.64. The van der Waals surface area contributed by atoms with E-state index in [2.05, 4.69) is 20.6 Å². The van der Waals surface area contributed by atoms with Gasteiger partial charge in [0.05, 0.1) is 33.9 Å². The van der Waals surface area contributed by atoms with Crippen LogP contribution in [0.2, 0.25) is 0 Å². The van der Waals surface area contributed by atoms with Crippen molar-refractivity contribution < 1.29 is 18.6 Å². The molecule has 10 nitrogen and oxygen atoms in total. The molecule has 0 aliphatic heterocycles.